The molecule has 1 fully saturated rings. The molecule has 1 N–H and O–H groups in total. The second-order valence-corrected chi connectivity index (χ2v) is 4.85. The van der Waals surface area contributed by atoms with E-state index in [0.29, 0.717) is 31.9 Å². The molecule has 2 aliphatic rings. The Labute approximate surface area is 109 Å². The third-order valence-corrected chi connectivity index (χ3v) is 3.47. The van der Waals surface area contributed by atoms with Gasteiger partial charge in [0.05, 0.1) is 25.7 Å². The van der Waals surface area contributed by atoms with E-state index in [-0.39, 0.29) is 24.4 Å². The van der Waals surface area contributed by atoms with Gasteiger partial charge in [-0.25, -0.2) is 4.79 Å². The fraction of sp³-hybridized carbons (Fsp3) is 0.583. The molecule has 0 aromatic carbocycles. The zero-order chi connectivity index (χ0) is 13.4. The van der Waals surface area contributed by atoms with Crippen molar-refractivity contribution in [3.05, 3.63) is 17.0 Å². The van der Waals surface area contributed by atoms with Crippen LogP contribution < -0.4 is 5.32 Å². The normalized spacial score (nSPS) is 23.2. The molecule has 19 heavy (non-hydrogen) atoms. The Bertz CT molecular complexity index is 525. The van der Waals surface area contributed by atoms with Crippen molar-refractivity contribution in [1.29, 1.82) is 0 Å². The molecule has 2 aliphatic heterocycles. The number of nitrogens with zero attached hydrogens (tertiary/aromatic N) is 2. The van der Waals surface area contributed by atoms with Gasteiger partial charge in [0, 0.05) is 18.5 Å². The second-order valence-electron chi connectivity index (χ2n) is 4.85. The lowest BCUT2D eigenvalue weighted by atomic mass is 10.1. The van der Waals surface area contributed by atoms with Crippen molar-refractivity contribution in [3.8, 4) is 0 Å². The van der Waals surface area contributed by atoms with Gasteiger partial charge >= 0.3 is 6.03 Å². The highest BCUT2D eigenvalue weighted by molar-refractivity contribution is 5.97. The number of carbonyl (C=O) groups is 2. The van der Waals surface area contributed by atoms with E-state index < -0.39 is 0 Å². The minimum Gasteiger partial charge on any atom is -0.376 e. The van der Waals surface area contributed by atoms with Crippen molar-refractivity contribution in [3.63, 3.8) is 0 Å². The Kier molecular flexibility index (Phi) is 2.98. The highest BCUT2D eigenvalue weighted by Gasteiger charge is 2.33. The maximum absolute atomic E-state index is 12.0. The third-order valence-electron chi connectivity index (χ3n) is 3.47. The largest absolute Gasteiger partial charge is 0.376 e. The number of imide groups is 1. The average molecular weight is 265 g/mol. The molecule has 1 aromatic rings. The van der Waals surface area contributed by atoms with Crippen LogP contribution in [0.5, 0.6) is 0 Å². The van der Waals surface area contributed by atoms with Crippen LogP contribution in [0.4, 0.5) is 4.79 Å². The van der Waals surface area contributed by atoms with E-state index in [1.807, 2.05) is 0 Å². The number of urea groups is 1. The summed E-state index contributed by atoms with van der Waals surface area (Å²) in [4.78, 5) is 24.9. The molecule has 0 saturated carbocycles. The van der Waals surface area contributed by atoms with Gasteiger partial charge in [-0.2, -0.15) is 0 Å². The van der Waals surface area contributed by atoms with Crippen LogP contribution in [0.1, 0.15) is 23.9 Å². The average Bonchev–Trinajstić information content (AvgIpc) is 2.83. The maximum Gasteiger partial charge on any atom is 0.324 e. The molecule has 1 atom stereocenters. The van der Waals surface area contributed by atoms with Crippen LogP contribution in [0.25, 0.3) is 0 Å². The zero-order valence-electron chi connectivity index (χ0n) is 10.6. The lowest BCUT2D eigenvalue weighted by Crippen LogP contribution is -2.53. The van der Waals surface area contributed by atoms with Crippen molar-refractivity contribution in [2.24, 2.45) is 5.92 Å². The van der Waals surface area contributed by atoms with Crippen LogP contribution in [0.15, 0.2) is 4.52 Å². The van der Waals surface area contributed by atoms with Gasteiger partial charge in [-0.15, -0.1) is 0 Å². The third kappa shape index (κ3) is 2.10. The fourth-order valence-corrected chi connectivity index (χ4v) is 2.29. The number of carbonyl (C=O) groups excluding carboxylic acids is 2. The van der Waals surface area contributed by atoms with Crippen molar-refractivity contribution in [1.82, 2.24) is 15.4 Å². The lowest BCUT2D eigenvalue weighted by molar-refractivity contribution is -0.133. The first-order chi connectivity index (χ1) is 9.16. The summed E-state index contributed by atoms with van der Waals surface area (Å²) in [6.07, 6.45) is 0.679. The molecule has 1 unspecified atom stereocenters. The summed E-state index contributed by atoms with van der Waals surface area (Å²) in [6, 6.07) is -0.378. The molecule has 7 nitrogen and oxygen atoms in total. The zero-order valence-corrected chi connectivity index (χ0v) is 10.6. The molecule has 102 valence electrons. The standard InChI is InChI=1S/C12H15N3O4/c1-7-4-13-12(17)15(11(7)16)5-9-8-6-18-3-2-10(8)19-14-9/h7H,2-6H2,1H3,(H,13,17). The highest BCUT2D eigenvalue weighted by atomic mass is 16.5. The van der Waals surface area contributed by atoms with E-state index in [1.165, 1.54) is 4.90 Å². The van der Waals surface area contributed by atoms with Crippen molar-refractivity contribution in [2.75, 3.05) is 13.2 Å². The number of hydrogen-bond acceptors (Lipinski definition) is 5. The van der Waals surface area contributed by atoms with Gasteiger partial charge in [-0.3, -0.25) is 9.69 Å². The van der Waals surface area contributed by atoms with E-state index in [4.69, 9.17) is 9.26 Å². The van der Waals surface area contributed by atoms with Crippen LogP contribution in [-0.2, 0) is 29.1 Å². The fourth-order valence-electron chi connectivity index (χ4n) is 2.29. The Hall–Kier alpha value is -1.89. The van der Waals surface area contributed by atoms with E-state index in [1.54, 1.807) is 6.92 Å². The molecule has 3 amide bonds. The van der Waals surface area contributed by atoms with Crippen LogP contribution in [0.2, 0.25) is 0 Å². The van der Waals surface area contributed by atoms with E-state index >= 15 is 0 Å². The van der Waals surface area contributed by atoms with Crippen molar-refractivity contribution >= 4 is 11.9 Å². The predicted molar refractivity (Wildman–Crippen MR) is 63.0 cm³/mol. The number of hydrogen-bond donors (Lipinski definition) is 1. The molecule has 7 heteroatoms. The van der Waals surface area contributed by atoms with Gasteiger partial charge in [0.1, 0.15) is 11.5 Å². The van der Waals surface area contributed by atoms with Gasteiger partial charge in [0.15, 0.2) is 0 Å². The first-order valence-corrected chi connectivity index (χ1v) is 6.30. The number of nitrogens with one attached hydrogen (secondary N) is 1. The van der Waals surface area contributed by atoms with E-state index in [0.717, 1.165) is 11.3 Å². The van der Waals surface area contributed by atoms with Crippen molar-refractivity contribution < 1.29 is 18.8 Å². The highest BCUT2D eigenvalue weighted by Crippen LogP contribution is 2.22. The summed E-state index contributed by atoms with van der Waals surface area (Å²) >= 11 is 0. The summed E-state index contributed by atoms with van der Waals surface area (Å²) in [5, 5.41) is 6.64. The molecule has 3 heterocycles. The molecule has 0 radical (unpaired) electrons. The van der Waals surface area contributed by atoms with E-state index in [2.05, 4.69) is 10.5 Å². The van der Waals surface area contributed by atoms with Crippen LogP contribution in [0.3, 0.4) is 0 Å². The molecule has 0 spiro atoms. The SMILES string of the molecule is CC1CNC(=O)N(Cc2noc3c2COCC3)C1=O. The number of aromatic nitrogens is 1. The molecule has 0 aliphatic carbocycles. The monoisotopic (exact) mass is 265 g/mol. The Morgan fingerprint density at radius 2 is 2.32 bits per heavy atom. The number of amides is 3. The molecule has 0 bridgehead atoms. The first kappa shape index (κ1) is 12.2. The molecule has 1 aromatic heterocycles. The molecular formula is C12H15N3O4. The van der Waals surface area contributed by atoms with Crippen LogP contribution in [0, 0.1) is 5.92 Å². The molecule has 1 saturated heterocycles. The van der Waals surface area contributed by atoms with E-state index in [9.17, 15) is 9.59 Å². The predicted octanol–water partition coefficient (Wildman–Crippen LogP) is 0.435. The maximum atomic E-state index is 12.0. The summed E-state index contributed by atoms with van der Waals surface area (Å²) in [7, 11) is 0. The van der Waals surface area contributed by atoms with Crippen LogP contribution >= 0.6 is 0 Å². The summed E-state index contributed by atoms with van der Waals surface area (Å²) in [5.41, 5.74) is 1.47. The Morgan fingerprint density at radius 1 is 1.47 bits per heavy atom. The second kappa shape index (κ2) is 4.65. The number of rotatable bonds is 2. The summed E-state index contributed by atoms with van der Waals surface area (Å²) in [6.45, 7) is 3.34. The number of fused-ring (bicyclic) bond motifs is 1. The smallest absolute Gasteiger partial charge is 0.324 e. The first-order valence-electron chi connectivity index (χ1n) is 6.30. The summed E-state index contributed by atoms with van der Waals surface area (Å²) in [5.74, 6) is 0.396. The minimum atomic E-state index is -0.378. The Balaban J connectivity index is 1.82. The van der Waals surface area contributed by atoms with Gasteiger partial charge in [0.25, 0.3) is 0 Å². The van der Waals surface area contributed by atoms with Gasteiger partial charge in [-0.05, 0) is 0 Å². The van der Waals surface area contributed by atoms with Gasteiger partial charge in [-0.1, -0.05) is 12.1 Å². The summed E-state index contributed by atoms with van der Waals surface area (Å²) < 4.78 is 10.6. The van der Waals surface area contributed by atoms with Gasteiger partial charge < -0.3 is 14.6 Å². The number of ether oxygens (including phenoxy) is 1. The Morgan fingerprint density at radius 3 is 3.16 bits per heavy atom. The van der Waals surface area contributed by atoms with Gasteiger partial charge in [0.2, 0.25) is 5.91 Å². The molecule has 3 rings (SSSR count). The van der Waals surface area contributed by atoms with Crippen LogP contribution in [-0.4, -0.2) is 35.1 Å². The quantitative estimate of drug-likeness (QED) is 0.838. The minimum absolute atomic E-state index is 0.136. The lowest BCUT2D eigenvalue weighted by Gasteiger charge is -2.29. The molecular weight excluding hydrogens is 250 g/mol. The van der Waals surface area contributed by atoms with Crippen molar-refractivity contribution in [2.45, 2.75) is 26.5 Å². The topological polar surface area (TPSA) is 84.7 Å².